The van der Waals surface area contributed by atoms with Crippen molar-refractivity contribution in [1.29, 1.82) is 0 Å². The third-order valence-electron chi connectivity index (χ3n) is 3.59. The summed E-state index contributed by atoms with van der Waals surface area (Å²) < 4.78 is 5.04. The molecule has 1 saturated heterocycles. The van der Waals surface area contributed by atoms with Crippen molar-refractivity contribution < 1.29 is 14.1 Å². The highest BCUT2D eigenvalue weighted by Gasteiger charge is 2.37. The number of aryl methyl sites for hydroxylation is 1. The van der Waals surface area contributed by atoms with Gasteiger partial charge in [-0.15, -0.1) is 0 Å². The minimum Gasteiger partial charge on any atom is -0.343 e. The van der Waals surface area contributed by atoms with E-state index in [1.807, 2.05) is 13.8 Å². The lowest BCUT2D eigenvalue weighted by molar-refractivity contribution is -0.149. The Hall–Kier alpha value is -1.92. The predicted molar refractivity (Wildman–Crippen MR) is 75.3 cm³/mol. The zero-order chi connectivity index (χ0) is 15.6. The quantitative estimate of drug-likeness (QED) is 0.863. The first-order valence-electron chi connectivity index (χ1n) is 7.28. The minimum atomic E-state index is -0.468. The Kier molecular flexibility index (Phi) is 4.59. The molecule has 0 bridgehead atoms. The van der Waals surface area contributed by atoms with Crippen molar-refractivity contribution in [3.8, 4) is 0 Å². The van der Waals surface area contributed by atoms with Gasteiger partial charge in [0.2, 0.25) is 17.7 Å². The van der Waals surface area contributed by atoms with Gasteiger partial charge in [0.25, 0.3) is 0 Å². The summed E-state index contributed by atoms with van der Waals surface area (Å²) in [5.41, 5.74) is 0. The molecule has 1 fully saturated rings. The molecule has 0 aliphatic carbocycles. The highest BCUT2D eigenvalue weighted by molar-refractivity contribution is 5.96. The predicted octanol–water partition coefficient (Wildman–Crippen LogP) is 0.682. The minimum absolute atomic E-state index is 0.0352. The Bertz CT molecular complexity index is 526. The first-order valence-corrected chi connectivity index (χ1v) is 7.28. The van der Waals surface area contributed by atoms with Crippen LogP contribution in [0, 0.1) is 12.8 Å². The molecule has 7 heteroatoms. The molecule has 2 unspecified atom stereocenters. The molecule has 7 nitrogen and oxygen atoms in total. The van der Waals surface area contributed by atoms with Gasteiger partial charge >= 0.3 is 0 Å². The second kappa shape index (κ2) is 6.24. The Labute approximate surface area is 124 Å². The normalized spacial score (nSPS) is 22.8. The summed E-state index contributed by atoms with van der Waals surface area (Å²) in [7, 11) is 0. The largest absolute Gasteiger partial charge is 0.343 e. The van der Waals surface area contributed by atoms with Gasteiger partial charge in [-0.25, -0.2) is 0 Å². The van der Waals surface area contributed by atoms with Crippen LogP contribution in [0.15, 0.2) is 4.52 Å². The number of carbonyl (C=O) groups excluding carboxylic acids is 2. The van der Waals surface area contributed by atoms with Crippen LogP contribution in [0.3, 0.4) is 0 Å². The Balaban J connectivity index is 2.04. The summed E-state index contributed by atoms with van der Waals surface area (Å²) in [5, 5.41) is 6.52. The topological polar surface area (TPSA) is 88.3 Å². The number of hydrogen-bond acceptors (Lipinski definition) is 5. The third kappa shape index (κ3) is 3.59. The van der Waals surface area contributed by atoms with Gasteiger partial charge in [-0.3, -0.25) is 9.59 Å². The fourth-order valence-corrected chi connectivity index (χ4v) is 2.48. The molecule has 2 heterocycles. The van der Waals surface area contributed by atoms with Gasteiger partial charge in [-0.05, 0) is 26.2 Å². The first kappa shape index (κ1) is 15.5. The number of aromatic nitrogens is 2. The molecule has 1 aromatic heterocycles. The highest BCUT2D eigenvalue weighted by Crippen LogP contribution is 2.16. The molecule has 0 saturated carbocycles. The number of rotatable bonds is 5. The number of hydrogen-bond donors (Lipinski definition) is 1. The fraction of sp³-hybridized carbons (Fsp3) is 0.714. The SMILES string of the molecule is Cc1noc(CCN2C(=O)C(CC(C)C)NC(=O)C2C)n1. The summed E-state index contributed by atoms with van der Waals surface area (Å²) in [4.78, 5) is 30.2. The Morgan fingerprint density at radius 1 is 1.38 bits per heavy atom. The molecule has 1 N–H and O–H groups in total. The summed E-state index contributed by atoms with van der Waals surface area (Å²) >= 11 is 0. The fourth-order valence-electron chi connectivity index (χ4n) is 2.48. The van der Waals surface area contributed by atoms with Gasteiger partial charge in [0.1, 0.15) is 12.1 Å². The van der Waals surface area contributed by atoms with Crippen LogP contribution >= 0.6 is 0 Å². The van der Waals surface area contributed by atoms with Crippen LogP contribution in [0.2, 0.25) is 0 Å². The van der Waals surface area contributed by atoms with Crippen LogP contribution in [-0.2, 0) is 16.0 Å². The molecule has 0 aromatic carbocycles. The number of amides is 2. The zero-order valence-corrected chi connectivity index (χ0v) is 12.9. The van der Waals surface area contributed by atoms with Crippen molar-refractivity contribution in [3.63, 3.8) is 0 Å². The van der Waals surface area contributed by atoms with Crippen LogP contribution in [0.1, 0.15) is 38.9 Å². The second-order valence-electron chi connectivity index (χ2n) is 5.88. The highest BCUT2D eigenvalue weighted by atomic mass is 16.5. The first-order chi connectivity index (χ1) is 9.88. The number of carbonyl (C=O) groups is 2. The van der Waals surface area contributed by atoms with E-state index in [0.717, 1.165) is 0 Å². The van der Waals surface area contributed by atoms with Crippen LogP contribution < -0.4 is 5.32 Å². The van der Waals surface area contributed by atoms with E-state index in [4.69, 9.17) is 4.52 Å². The zero-order valence-electron chi connectivity index (χ0n) is 12.9. The van der Waals surface area contributed by atoms with Crippen molar-refractivity contribution >= 4 is 11.8 Å². The van der Waals surface area contributed by atoms with Crippen LogP contribution in [0.5, 0.6) is 0 Å². The monoisotopic (exact) mass is 294 g/mol. The number of nitrogens with one attached hydrogen (secondary N) is 1. The summed E-state index contributed by atoms with van der Waals surface area (Å²) in [6.45, 7) is 7.95. The Morgan fingerprint density at radius 2 is 2.10 bits per heavy atom. The third-order valence-corrected chi connectivity index (χ3v) is 3.59. The smallest absolute Gasteiger partial charge is 0.245 e. The van der Waals surface area contributed by atoms with E-state index in [9.17, 15) is 9.59 Å². The summed E-state index contributed by atoms with van der Waals surface area (Å²) in [5.74, 6) is 1.25. The maximum Gasteiger partial charge on any atom is 0.245 e. The van der Waals surface area contributed by atoms with Crippen molar-refractivity contribution in [3.05, 3.63) is 11.7 Å². The van der Waals surface area contributed by atoms with Crippen molar-refractivity contribution in [1.82, 2.24) is 20.4 Å². The van der Waals surface area contributed by atoms with E-state index in [0.29, 0.717) is 37.0 Å². The Morgan fingerprint density at radius 3 is 2.67 bits per heavy atom. The van der Waals surface area contributed by atoms with Crippen LogP contribution in [0.4, 0.5) is 0 Å². The summed E-state index contributed by atoms with van der Waals surface area (Å²) in [6.07, 6.45) is 1.10. The van der Waals surface area contributed by atoms with Crippen molar-refractivity contribution in [2.24, 2.45) is 5.92 Å². The van der Waals surface area contributed by atoms with Crippen LogP contribution in [-0.4, -0.2) is 45.5 Å². The van der Waals surface area contributed by atoms with E-state index in [-0.39, 0.29) is 11.8 Å². The van der Waals surface area contributed by atoms with E-state index >= 15 is 0 Å². The van der Waals surface area contributed by atoms with E-state index < -0.39 is 12.1 Å². The molecule has 21 heavy (non-hydrogen) atoms. The van der Waals surface area contributed by atoms with E-state index in [2.05, 4.69) is 15.5 Å². The molecule has 2 rings (SSSR count). The lowest BCUT2D eigenvalue weighted by Gasteiger charge is -2.37. The second-order valence-corrected chi connectivity index (χ2v) is 5.88. The molecule has 1 aliphatic rings. The van der Waals surface area contributed by atoms with Gasteiger partial charge in [-0.2, -0.15) is 4.98 Å². The standard InChI is InChI=1S/C14H22N4O3/c1-8(2)7-11-14(20)18(9(3)13(19)16-11)6-5-12-15-10(4)17-21-12/h8-9,11H,5-7H2,1-4H3,(H,16,19). The molecule has 2 amide bonds. The molecule has 1 aromatic rings. The molecular weight excluding hydrogens is 272 g/mol. The average Bonchev–Trinajstić information content (AvgIpc) is 2.81. The maximum absolute atomic E-state index is 12.5. The summed E-state index contributed by atoms with van der Waals surface area (Å²) in [6, 6.07) is -0.900. The molecule has 1 aliphatic heterocycles. The number of nitrogens with zero attached hydrogens (tertiary/aromatic N) is 3. The van der Waals surface area contributed by atoms with Gasteiger partial charge in [0.15, 0.2) is 5.82 Å². The molecule has 2 atom stereocenters. The molecule has 0 radical (unpaired) electrons. The van der Waals surface area contributed by atoms with Crippen LogP contribution in [0.25, 0.3) is 0 Å². The lowest BCUT2D eigenvalue weighted by Crippen LogP contribution is -2.62. The van der Waals surface area contributed by atoms with Gasteiger partial charge in [0.05, 0.1) is 0 Å². The van der Waals surface area contributed by atoms with Gasteiger partial charge in [-0.1, -0.05) is 19.0 Å². The maximum atomic E-state index is 12.5. The van der Waals surface area contributed by atoms with E-state index in [1.165, 1.54) is 0 Å². The molecular formula is C14H22N4O3. The lowest BCUT2D eigenvalue weighted by atomic mass is 9.99. The number of piperazine rings is 1. The van der Waals surface area contributed by atoms with E-state index in [1.54, 1.807) is 18.7 Å². The van der Waals surface area contributed by atoms with Crippen molar-refractivity contribution in [2.45, 2.75) is 52.6 Å². The van der Waals surface area contributed by atoms with Crippen molar-refractivity contribution in [2.75, 3.05) is 6.54 Å². The van der Waals surface area contributed by atoms with Gasteiger partial charge in [0, 0.05) is 13.0 Å². The molecule has 0 spiro atoms. The average molecular weight is 294 g/mol. The molecule has 116 valence electrons. The van der Waals surface area contributed by atoms with Gasteiger partial charge < -0.3 is 14.7 Å².